The summed E-state index contributed by atoms with van der Waals surface area (Å²) in [6, 6.07) is 19.3. The van der Waals surface area contributed by atoms with Gasteiger partial charge in [0, 0.05) is 12.1 Å². The predicted octanol–water partition coefficient (Wildman–Crippen LogP) is 7.84. The fraction of sp³-hybridized carbons (Fsp3) is 0.286. The fourth-order valence-corrected chi connectivity index (χ4v) is 4.14. The first-order valence-electron chi connectivity index (χ1n) is 10.6. The van der Waals surface area contributed by atoms with E-state index in [9.17, 15) is 0 Å². The lowest BCUT2D eigenvalue weighted by Gasteiger charge is -2.13. The van der Waals surface area contributed by atoms with Crippen LogP contribution in [0.4, 0.5) is 11.4 Å². The Morgan fingerprint density at radius 3 is 1.53 bits per heavy atom. The summed E-state index contributed by atoms with van der Waals surface area (Å²) < 4.78 is 0. The number of nitrogens with zero attached hydrogens (tertiary/aromatic N) is 2. The van der Waals surface area contributed by atoms with E-state index in [0.717, 1.165) is 28.4 Å². The van der Waals surface area contributed by atoms with Crippen molar-refractivity contribution >= 4 is 22.8 Å². The molecule has 0 aliphatic heterocycles. The average molecular weight is 397 g/mol. The summed E-state index contributed by atoms with van der Waals surface area (Å²) in [5.74, 6) is 0. The van der Waals surface area contributed by atoms with Crippen molar-refractivity contribution in [2.24, 2.45) is 9.98 Å². The van der Waals surface area contributed by atoms with E-state index in [1.807, 2.05) is 6.07 Å². The molecule has 0 bridgehead atoms. The molecule has 0 amide bonds. The maximum atomic E-state index is 5.15. The second-order valence-corrected chi connectivity index (χ2v) is 8.44. The summed E-state index contributed by atoms with van der Waals surface area (Å²) in [4.78, 5) is 10.1. The number of hydrogen-bond acceptors (Lipinski definition) is 2. The van der Waals surface area contributed by atoms with Crippen molar-refractivity contribution in [1.82, 2.24) is 0 Å². The number of rotatable bonds is 5. The van der Waals surface area contributed by atoms with Gasteiger partial charge in [0.1, 0.15) is 0 Å². The first-order valence-corrected chi connectivity index (χ1v) is 10.6. The molecule has 0 saturated carbocycles. The number of hydrogen-bond donors (Lipinski definition) is 0. The normalized spacial score (nSPS) is 12.4. The highest BCUT2D eigenvalue weighted by atomic mass is 14.8. The molecule has 0 unspecified atom stereocenters. The van der Waals surface area contributed by atoms with Crippen LogP contribution < -0.4 is 0 Å². The molecular formula is C28H32N2. The molecule has 0 radical (unpaired) electrons. The molecule has 2 heteroatoms. The van der Waals surface area contributed by atoms with Gasteiger partial charge in [0.2, 0.25) is 0 Å². The van der Waals surface area contributed by atoms with Crippen LogP contribution in [0.5, 0.6) is 0 Å². The van der Waals surface area contributed by atoms with Gasteiger partial charge in [-0.05, 0) is 76.3 Å². The Hall–Kier alpha value is -3.00. The molecular weight excluding hydrogens is 364 g/mol. The first kappa shape index (κ1) is 21.7. The van der Waals surface area contributed by atoms with Crippen LogP contribution in [0.15, 0.2) is 64.6 Å². The summed E-state index contributed by atoms with van der Waals surface area (Å²) in [5.41, 5.74) is 12.8. The van der Waals surface area contributed by atoms with Gasteiger partial charge in [-0.15, -0.1) is 0 Å². The Labute approximate surface area is 181 Å². The molecule has 0 heterocycles. The minimum absolute atomic E-state index is 0.712. The largest absolute Gasteiger partial charge is 0.257 e. The molecule has 0 aliphatic rings. The quantitative estimate of drug-likeness (QED) is 0.392. The Morgan fingerprint density at radius 1 is 0.633 bits per heavy atom. The Morgan fingerprint density at radius 2 is 1.07 bits per heavy atom. The lowest BCUT2D eigenvalue weighted by Crippen LogP contribution is -2.07. The minimum atomic E-state index is 0.712. The number of benzene rings is 3. The SMILES string of the molecule is C/C(C/C(=N/c1c(C)cc(C)cc1C)c1ccccc1)=N/c1c(C)cc(C)cc1C. The summed E-state index contributed by atoms with van der Waals surface area (Å²) >= 11 is 0. The van der Waals surface area contributed by atoms with E-state index < -0.39 is 0 Å². The zero-order valence-corrected chi connectivity index (χ0v) is 19.3. The maximum absolute atomic E-state index is 5.15. The Bertz CT molecular complexity index is 1070. The zero-order chi connectivity index (χ0) is 21.8. The molecule has 0 fully saturated rings. The highest BCUT2D eigenvalue weighted by molar-refractivity contribution is 6.13. The summed E-state index contributed by atoms with van der Waals surface area (Å²) in [5, 5.41) is 0. The third kappa shape index (κ3) is 5.13. The van der Waals surface area contributed by atoms with E-state index >= 15 is 0 Å². The molecule has 3 aromatic carbocycles. The number of aliphatic imine (C=N–C) groups is 2. The summed E-state index contributed by atoms with van der Waals surface area (Å²) in [7, 11) is 0. The molecule has 0 aromatic heterocycles. The molecule has 0 aliphatic carbocycles. The minimum Gasteiger partial charge on any atom is -0.257 e. The molecule has 0 N–H and O–H groups in total. The average Bonchev–Trinajstić information content (AvgIpc) is 2.67. The van der Waals surface area contributed by atoms with Gasteiger partial charge < -0.3 is 0 Å². The van der Waals surface area contributed by atoms with E-state index in [2.05, 4.69) is 97.0 Å². The Balaban J connectivity index is 2.05. The van der Waals surface area contributed by atoms with Gasteiger partial charge in [-0.1, -0.05) is 65.7 Å². The van der Waals surface area contributed by atoms with Crippen molar-refractivity contribution in [3.63, 3.8) is 0 Å². The predicted molar refractivity (Wildman–Crippen MR) is 131 cm³/mol. The topological polar surface area (TPSA) is 24.7 Å². The van der Waals surface area contributed by atoms with Gasteiger partial charge in [-0.25, -0.2) is 0 Å². The van der Waals surface area contributed by atoms with Gasteiger partial charge in [-0.2, -0.15) is 0 Å². The summed E-state index contributed by atoms with van der Waals surface area (Å²) in [6.07, 6.45) is 0.712. The third-order valence-electron chi connectivity index (χ3n) is 5.35. The zero-order valence-electron chi connectivity index (χ0n) is 19.3. The first-order chi connectivity index (χ1) is 14.2. The van der Waals surface area contributed by atoms with Crippen LogP contribution in [-0.4, -0.2) is 11.4 Å². The standard InChI is InChI=1S/C28H32N2/c1-18-13-20(3)27(21(4)14-18)29-24(7)17-26(25-11-9-8-10-12-25)30-28-22(5)15-19(2)16-23(28)6/h8-16H,17H2,1-7H3/b29-24-,30-26-. The molecule has 3 aromatic rings. The van der Waals surface area contributed by atoms with Crippen LogP contribution >= 0.6 is 0 Å². The van der Waals surface area contributed by atoms with E-state index in [-0.39, 0.29) is 0 Å². The van der Waals surface area contributed by atoms with Crippen molar-refractivity contribution < 1.29 is 0 Å². The van der Waals surface area contributed by atoms with Crippen molar-refractivity contribution in [1.29, 1.82) is 0 Å². The fourth-order valence-electron chi connectivity index (χ4n) is 4.14. The lowest BCUT2D eigenvalue weighted by molar-refractivity contribution is 1.26. The molecule has 154 valence electrons. The highest BCUT2D eigenvalue weighted by Gasteiger charge is 2.11. The van der Waals surface area contributed by atoms with Crippen LogP contribution in [-0.2, 0) is 0 Å². The van der Waals surface area contributed by atoms with E-state index in [1.165, 1.54) is 33.4 Å². The van der Waals surface area contributed by atoms with Gasteiger partial charge in [-0.3, -0.25) is 9.98 Å². The second-order valence-electron chi connectivity index (χ2n) is 8.44. The van der Waals surface area contributed by atoms with Crippen LogP contribution in [0.1, 0.15) is 52.3 Å². The van der Waals surface area contributed by atoms with Gasteiger partial charge in [0.15, 0.2) is 0 Å². The maximum Gasteiger partial charge on any atom is 0.0691 e. The summed E-state index contributed by atoms with van der Waals surface area (Å²) in [6.45, 7) is 14.9. The van der Waals surface area contributed by atoms with Crippen LogP contribution in [0.25, 0.3) is 0 Å². The monoisotopic (exact) mass is 396 g/mol. The van der Waals surface area contributed by atoms with Gasteiger partial charge >= 0.3 is 0 Å². The van der Waals surface area contributed by atoms with Crippen LogP contribution in [0.3, 0.4) is 0 Å². The Kier molecular flexibility index (Phi) is 6.66. The smallest absolute Gasteiger partial charge is 0.0691 e. The molecule has 3 rings (SSSR count). The van der Waals surface area contributed by atoms with E-state index in [0.29, 0.717) is 6.42 Å². The second kappa shape index (κ2) is 9.21. The van der Waals surface area contributed by atoms with Crippen LogP contribution in [0.2, 0.25) is 0 Å². The lowest BCUT2D eigenvalue weighted by atomic mass is 10.0. The molecule has 0 saturated heterocycles. The molecule has 30 heavy (non-hydrogen) atoms. The van der Waals surface area contributed by atoms with Crippen LogP contribution in [0, 0.1) is 41.5 Å². The van der Waals surface area contributed by atoms with Gasteiger partial charge in [0.25, 0.3) is 0 Å². The van der Waals surface area contributed by atoms with E-state index in [1.54, 1.807) is 0 Å². The highest BCUT2D eigenvalue weighted by Crippen LogP contribution is 2.28. The van der Waals surface area contributed by atoms with E-state index in [4.69, 9.17) is 9.98 Å². The van der Waals surface area contributed by atoms with Crippen molar-refractivity contribution in [3.8, 4) is 0 Å². The van der Waals surface area contributed by atoms with Crippen molar-refractivity contribution in [3.05, 3.63) is 93.5 Å². The molecule has 2 nitrogen and oxygen atoms in total. The van der Waals surface area contributed by atoms with Crippen molar-refractivity contribution in [2.45, 2.75) is 54.9 Å². The molecule has 0 spiro atoms. The van der Waals surface area contributed by atoms with Gasteiger partial charge in [0.05, 0.1) is 17.1 Å². The third-order valence-corrected chi connectivity index (χ3v) is 5.35. The number of aryl methyl sites for hydroxylation is 6. The van der Waals surface area contributed by atoms with Crippen molar-refractivity contribution in [2.75, 3.05) is 0 Å². The molecule has 0 atom stereocenters.